The Hall–Kier alpha value is -3.52. The minimum absolute atomic E-state index is 0.0161. The minimum atomic E-state index is -4.04. The first-order valence-corrected chi connectivity index (χ1v) is 16.7. The predicted octanol–water partition coefficient (Wildman–Crippen LogP) is 5.13. The van der Waals surface area contributed by atoms with Crippen LogP contribution in [0.15, 0.2) is 53.0 Å². The molecule has 2 aromatic carbocycles. The monoisotopic (exact) mass is 658 g/mol. The third kappa shape index (κ3) is 6.75. The maximum absolute atomic E-state index is 13.9. The number of rotatable bonds is 7. The number of nitrogens with zero attached hydrogens (tertiary/aromatic N) is 5. The van der Waals surface area contributed by atoms with Crippen LogP contribution in [0.25, 0.3) is 21.0 Å². The summed E-state index contributed by atoms with van der Waals surface area (Å²) in [6.45, 7) is 8.93. The summed E-state index contributed by atoms with van der Waals surface area (Å²) < 4.78 is 35.6. The van der Waals surface area contributed by atoms with E-state index in [4.69, 9.17) is 22.1 Å². The van der Waals surface area contributed by atoms with Crippen molar-refractivity contribution in [1.29, 1.82) is 0 Å². The molecule has 0 aliphatic carbocycles. The maximum Gasteiger partial charge on any atom is 0.410 e. The highest BCUT2D eigenvalue weighted by Gasteiger charge is 2.41. The minimum Gasteiger partial charge on any atom is -0.444 e. The van der Waals surface area contributed by atoms with Gasteiger partial charge in [0.05, 0.1) is 18.1 Å². The predicted molar refractivity (Wildman–Crippen MR) is 172 cm³/mol. The molecule has 0 bridgehead atoms. The summed E-state index contributed by atoms with van der Waals surface area (Å²) in [4.78, 5) is 38.6. The number of nitrogens with two attached hydrogens (primary N) is 1. The molecule has 0 spiro atoms. The maximum atomic E-state index is 13.9. The first-order valence-electron chi connectivity index (χ1n) is 14.1. The Morgan fingerprint density at radius 1 is 1.18 bits per heavy atom. The Kier molecular flexibility index (Phi) is 8.78. The zero-order valence-electron chi connectivity index (χ0n) is 25.2. The summed E-state index contributed by atoms with van der Waals surface area (Å²) in [5.74, 6) is -0.0352. The molecule has 4 aromatic rings. The normalized spacial score (nSPS) is 16.7. The lowest BCUT2D eigenvalue weighted by atomic mass is 10.1. The standard InChI is InChI=1S/C30H35ClN6O5S2/c1-18(2)36(29(39)42-30(3,4)5)15-22-14-35(44(40,41)27-11-20-7-8-21(31)12-25(20)43-27)16-26(38)37(22)13-19-6-9-23-24(10-19)33-17-34-28(23)32/h6-12,17-18,22H,13-16H2,1-5H3,(H2,32,33,34)/t22-/m1/s1. The van der Waals surface area contributed by atoms with Crippen molar-refractivity contribution >= 4 is 71.8 Å². The molecule has 1 aliphatic rings. The fourth-order valence-corrected chi connectivity index (χ4v) is 8.35. The van der Waals surface area contributed by atoms with Crippen LogP contribution in [0.3, 0.4) is 0 Å². The van der Waals surface area contributed by atoms with Crippen molar-refractivity contribution in [3.8, 4) is 0 Å². The Morgan fingerprint density at radius 3 is 2.64 bits per heavy atom. The SMILES string of the molecule is CC(C)N(C[C@H]1CN(S(=O)(=O)c2cc3ccc(Cl)cc3s2)CC(=O)N1Cc1ccc2c(N)ncnc2c1)C(=O)OC(C)(C)C. The van der Waals surface area contributed by atoms with Gasteiger partial charge >= 0.3 is 6.09 Å². The lowest BCUT2D eigenvalue weighted by Crippen LogP contribution is -2.61. The molecule has 44 heavy (non-hydrogen) atoms. The van der Waals surface area contributed by atoms with Gasteiger partial charge < -0.3 is 20.3 Å². The van der Waals surface area contributed by atoms with Crippen molar-refractivity contribution in [3.05, 3.63) is 59.4 Å². The molecule has 1 saturated heterocycles. The van der Waals surface area contributed by atoms with Crippen LogP contribution in [0.5, 0.6) is 0 Å². The van der Waals surface area contributed by atoms with E-state index in [1.54, 1.807) is 56.0 Å². The van der Waals surface area contributed by atoms with E-state index < -0.39 is 27.8 Å². The van der Waals surface area contributed by atoms with Gasteiger partial charge in [0.25, 0.3) is 10.0 Å². The number of nitrogen functional groups attached to an aromatic ring is 1. The van der Waals surface area contributed by atoms with Crippen molar-refractivity contribution in [3.63, 3.8) is 0 Å². The van der Waals surface area contributed by atoms with Gasteiger partial charge in [0, 0.05) is 40.8 Å². The van der Waals surface area contributed by atoms with Crippen molar-refractivity contribution in [2.75, 3.05) is 25.4 Å². The second-order valence-electron chi connectivity index (χ2n) is 12.1. The molecule has 1 fully saturated rings. The quantitative estimate of drug-likeness (QED) is 0.288. The van der Waals surface area contributed by atoms with Crippen molar-refractivity contribution in [1.82, 2.24) is 24.1 Å². The molecule has 2 amide bonds. The van der Waals surface area contributed by atoms with Gasteiger partial charge in [-0.3, -0.25) is 4.79 Å². The molecular formula is C30H35ClN6O5S2. The van der Waals surface area contributed by atoms with E-state index in [0.717, 1.165) is 27.0 Å². The highest BCUT2D eigenvalue weighted by atomic mass is 35.5. The summed E-state index contributed by atoms with van der Waals surface area (Å²) in [5, 5.41) is 1.94. The molecule has 1 aliphatic heterocycles. The van der Waals surface area contributed by atoms with E-state index in [1.165, 1.54) is 15.5 Å². The highest BCUT2D eigenvalue weighted by Crippen LogP contribution is 2.34. The highest BCUT2D eigenvalue weighted by molar-refractivity contribution is 7.91. The molecule has 11 nitrogen and oxygen atoms in total. The number of carbonyl (C=O) groups is 2. The Balaban J connectivity index is 1.49. The van der Waals surface area contributed by atoms with Gasteiger partial charge in [-0.1, -0.05) is 23.7 Å². The number of halogens is 1. The number of carbonyl (C=O) groups excluding carboxylic acids is 2. The van der Waals surface area contributed by atoms with Gasteiger partial charge in [-0.2, -0.15) is 4.31 Å². The summed E-state index contributed by atoms with van der Waals surface area (Å²) in [6, 6.07) is 11.3. The van der Waals surface area contributed by atoms with E-state index in [1.807, 2.05) is 26.0 Å². The number of anilines is 1. The molecule has 0 radical (unpaired) electrons. The molecule has 14 heteroatoms. The van der Waals surface area contributed by atoms with Gasteiger partial charge in [-0.05, 0) is 75.9 Å². The zero-order valence-corrected chi connectivity index (χ0v) is 27.5. The summed E-state index contributed by atoms with van der Waals surface area (Å²) in [6.07, 6.45) is 0.835. The first kappa shape index (κ1) is 31.9. The number of aromatic nitrogens is 2. The van der Waals surface area contributed by atoms with Crippen LogP contribution >= 0.6 is 22.9 Å². The van der Waals surface area contributed by atoms with Gasteiger partial charge in [0.1, 0.15) is 22.0 Å². The van der Waals surface area contributed by atoms with Crippen molar-refractivity contribution in [2.45, 2.75) is 63.1 Å². The third-order valence-corrected chi connectivity index (χ3v) is 10.9. The lowest BCUT2D eigenvalue weighted by molar-refractivity contribution is -0.139. The second-order valence-corrected chi connectivity index (χ2v) is 15.7. The molecule has 1 atom stereocenters. The molecule has 0 unspecified atom stereocenters. The molecule has 5 rings (SSSR count). The van der Waals surface area contributed by atoms with Crippen LogP contribution in [0, 0.1) is 0 Å². The molecule has 2 aromatic heterocycles. The van der Waals surface area contributed by atoms with E-state index in [2.05, 4.69) is 9.97 Å². The number of piperazine rings is 1. The number of amides is 2. The van der Waals surface area contributed by atoms with Crippen molar-refractivity contribution < 1.29 is 22.7 Å². The number of sulfonamides is 1. The van der Waals surface area contributed by atoms with Crippen LogP contribution in [0.1, 0.15) is 40.2 Å². The number of ether oxygens (including phenoxy) is 1. The molecular weight excluding hydrogens is 624 g/mol. The van der Waals surface area contributed by atoms with Gasteiger partial charge in [0.2, 0.25) is 5.91 Å². The molecule has 2 N–H and O–H groups in total. The number of thiophene rings is 1. The molecule has 234 valence electrons. The van der Waals surface area contributed by atoms with E-state index >= 15 is 0 Å². The van der Waals surface area contributed by atoms with Crippen molar-refractivity contribution in [2.24, 2.45) is 0 Å². The Bertz CT molecular complexity index is 1840. The van der Waals surface area contributed by atoms with Crippen LogP contribution < -0.4 is 5.73 Å². The first-order chi connectivity index (χ1) is 20.6. The summed E-state index contributed by atoms with van der Waals surface area (Å²) >= 11 is 7.24. The second kappa shape index (κ2) is 12.1. The smallest absolute Gasteiger partial charge is 0.410 e. The lowest BCUT2D eigenvalue weighted by Gasteiger charge is -2.43. The van der Waals surface area contributed by atoms with Gasteiger partial charge in [0.15, 0.2) is 0 Å². The average molecular weight is 659 g/mol. The fraction of sp³-hybridized carbons (Fsp3) is 0.400. The largest absolute Gasteiger partial charge is 0.444 e. The van der Waals surface area contributed by atoms with Crippen LogP contribution in [-0.2, 0) is 26.1 Å². The van der Waals surface area contributed by atoms with Crippen LogP contribution in [0.4, 0.5) is 10.6 Å². The van der Waals surface area contributed by atoms with E-state index in [0.29, 0.717) is 21.7 Å². The topological polar surface area (TPSA) is 139 Å². The third-order valence-electron chi connectivity index (χ3n) is 7.28. The van der Waals surface area contributed by atoms with Gasteiger partial charge in [-0.25, -0.2) is 23.2 Å². The van der Waals surface area contributed by atoms with E-state index in [-0.39, 0.29) is 42.3 Å². The summed E-state index contributed by atoms with van der Waals surface area (Å²) in [5.41, 5.74) is 6.66. The average Bonchev–Trinajstić information content (AvgIpc) is 3.36. The van der Waals surface area contributed by atoms with Crippen LogP contribution in [-0.4, -0.2) is 81.8 Å². The molecule has 3 heterocycles. The van der Waals surface area contributed by atoms with Crippen LogP contribution in [0.2, 0.25) is 5.02 Å². The Morgan fingerprint density at radius 2 is 1.93 bits per heavy atom. The fourth-order valence-electron chi connectivity index (χ4n) is 5.10. The molecule has 0 saturated carbocycles. The zero-order chi connectivity index (χ0) is 32.0. The number of hydrogen-bond donors (Lipinski definition) is 1. The summed E-state index contributed by atoms with van der Waals surface area (Å²) in [7, 11) is -4.04. The number of fused-ring (bicyclic) bond motifs is 2. The number of benzene rings is 2. The van der Waals surface area contributed by atoms with E-state index in [9.17, 15) is 18.0 Å². The Labute approximate surface area is 265 Å². The van der Waals surface area contributed by atoms with Gasteiger partial charge in [-0.15, -0.1) is 11.3 Å². The number of hydrogen-bond acceptors (Lipinski definition) is 9.